The molecule has 39 heavy (non-hydrogen) atoms. The van der Waals surface area contributed by atoms with Crippen molar-refractivity contribution in [2.75, 3.05) is 13.1 Å². The second kappa shape index (κ2) is 10.9. The summed E-state index contributed by atoms with van der Waals surface area (Å²) in [5, 5.41) is -0.223. The Morgan fingerprint density at radius 3 is 2.15 bits per heavy atom. The van der Waals surface area contributed by atoms with E-state index in [-0.39, 0.29) is 40.4 Å². The minimum absolute atomic E-state index is 0.00219. The first-order valence-corrected chi connectivity index (χ1v) is 13.1. The number of sulfonamides is 1. The van der Waals surface area contributed by atoms with Crippen LogP contribution in [0.15, 0.2) is 86.9 Å². The van der Waals surface area contributed by atoms with Crippen LogP contribution in [0.3, 0.4) is 0 Å². The van der Waals surface area contributed by atoms with Crippen molar-refractivity contribution >= 4 is 27.0 Å². The van der Waals surface area contributed by atoms with Gasteiger partial charge in [0.1, 0.15) is 17.1 Å². The lowest BCUT2D eigenvalue weighted by atomic mass is 10.2. The number of halogens is 3. The molecule has 0 saturated heterocycles. The van der Waals surface area contributed by atoms with Gasteiger partial charge in [0.15, 0.2) is 0 Å². The maximum atomic E-state index is 13.8. The minimum Gasteiger partial charge on any atom is -0.449 e. The summed E-state index contributed by atoms with van der Waals surface area (Å²) in [5.74, 6) is -3.75. The van der Waals surface area contributed by atoms with Crippen LogP contribution in [0.5, 0.6) is 17.2 Å². The molecule has 204 valence electrons. The third kappa shape index (κ3) is 5.81. The molecule has 0 aliphatic carbocycles. The summed E-state index contributed by atoms with van der Waals surface area (Å²) in [6, 6.07) is 15.9. The van der Waals surface area contributed by atoms with E-state index in [0.717, 1.165) is 12.1 Å². The molecule has 0 N–H and O–H groups in total. The van der Waals surface area contributed by atoms with Crippen molar-refractivity contribution in [3.63, 3.8) is 0 Å². The molecule has 0 saturated carbocycles. The first-order valence-electron chi connectivity index (χ1n) is 11.7. The molecule has 0 atom stereocenters. The fourth-order valence-electron chi connectivity index (χ4n) is 3.75. The monoisotopic (exact) mass is 561 g/mol. The van der Waals surface area contributed by atoms with E-state index in [4.69, 9.17) is 13.9 Å². The van der Waals surface area contributed by atoms with Gasteiger partial charge in [0.2, 0.25) is 21.2 Å². The number of rotatable bonds is 8. The molecule has 1 heterocycles. The van der Waals surface area contributed by atoms with Crippen LogP contribution in [0, 0.1) is 0 Å². The summed E-state index contributed by atoms with van der Waals surface area (Å²) in [6.07, 6.45) is -5.06. The Morgan fingerprint density at radius 1 is 0.923 bits per heavy atom. The second-order valence-corrected chi connectivity index (χ2v) is 10.1. The number of hydrogen-bond acceptors (Lipinski definition) is 7. The molecule has 0 spiro atoms. The topological polar surface area (TPSA) is 103 Å². The minimum atomic E-state index is -5.06. The molecule has 0 aliphatic rings. The summed E-state index contributed by atoms with van der Waals surface area (Å²) >= 11 is 0. The van der Waals surface area contributed by atoms with Crippen LogP contribution in [0.2, 0.25) is 0 Å². The van der Waals surface area contributed by atoms with E-state index in [1.807, 2.05) is 0 Å². The van der Waals surface area contributed by atoms with Gasteiger partial charge in [-0.25, -0.2) is 13.2 Å². The van der Waals surface area contributed by atoms with Gasteiger partial charge in [-0.3, -0.25) is 4.79 Å². The van der Waals surface area contributed by atoms with Gasteiger partial charge in [-0.05, 0) is 48.5 Å². The number of alkyl halides is 3. The molecule has 0 bridgehead atoms. The summed E-state index contributed by atoms with van der Waals surface area (Å²) < 4.78 is 83.3. The van der Waals surface area contributed by atoms with Gasteiger partial charge in [-0.1, -0.05) is 32.0 Å². The number of benzene rings is 3. The largest absolute Gasteiger partial charge is 0.453 e. The Kier molecular flexibility index (Phi) is 7.79. The predicted octanol–water partition coefficient (Wildman–Crippen LogP) is 5.85. The van der Waals surface area contributed by atoms with Gasteiger partial charge in [0, 0.05) is 19.2 Å². The molecule has 4 aromatic rings. The smallest absolute Gasteiger partial charge is 0.449 e. The third-order valence-corrected chi connectivity index (χ3v) is 7.75. The zero-order valence-corrected chi connectivity index (χ0v) is 21.5. The lowest BCUT2D eigenvalue weighted by molar-refractivity contribution is -0.154. The Morgan fingerprint density at radius 2 is 1.56 bits per heavy atom. The highest BCUT2D eigenvalue weighted by Gasteiger charge is 2.40. The molecule has 12 heteroatoms. The van der Waals surface area contributed by atoms with Gasteiger partial charge >= 0.3 is 12.1 Å². The molecule has 3 aromatic carbocycles. The normalized spacial score (nSPS) is 12.1. The lowest BCUT2D eigenvalue weighted by Crippen LogP contribution is -2.30. The van der Waals surface area contributed by atoms with E-state index < -0.39 is 44.7 Å². The molecule has 0 fully saturated rings. The Labute approximate surface area is 221 Å². The third-order valence-electron chi connectivity index (χ3n) is 5.69. The molecule has 1 aromatic heterocycles. The molecule has 4 rings (SSSR count). The van der Waals surface area contributed by atoms with Crippen molar-refractivity contribution in [3.8, 4) is 17.2 Å². The first-order chi connectivity index (χ1) is 18.5. The number of fused-ring (bicyclic) bond motifs is 1. The van der Waals surface area contributed by atoms with E-state index in [1.54, 1.807) is 19.9 Å². The van der Waals surface area contributed by atoms with E-state index in [2.05, 4.69) is 0 Å². The maximum Gasteiger partial charge on any atom is 0.453 e. The lowest BCUT2D eigenvalue weighted by Gasteiger charge is -2.18. The van der Waals surface area contributed by atoms with E-state index >= 15 is 0 Å². The highest BCUT2D eigenvalue weighted by atomic mass is 32.2. The zero-order valence-electron chi connectivity index (χ0n) is 20.7. The molecule has 8 nitrogen and oxygen atoms in total. The number of nitrogens with zero attached hydrogens (tertiary/aromatic N) is 1. The molecule has 0 unspecified atom stereocenters. The molecular weight excluding hydrogens is 539 g/mol. The SMILES string of the molecule is CCN(CC)S(=O)(=O)c1ccc(C(=O)Oc2ccc3c(=O)c(Oc4ccccc4)c(C(F)(F)F)oc3c2)cc1. The van der Waals surface area contributed by atoms with Crippen LogP contribution in [-0.4, -0.2) is 31.8 Å². The van der Waals surface area contributed by atoms with E-state index in [1.165, 1.54) is 58.9 Å². The van der Waals surface area contributed by atoms with Crippen LogP contribution >= 0.6 is 0 Å². The number of carbonyl (C=O) groups is 1. The van der Waals surface area contributed by atoms with Crippen molar-refractivity contribution in [1.29, 1.82) is 0 Å². The molecule has 0 radical (unpaired) electrons. The van der Waals surface area contributed by atoms with Gasteiger partial charge < -0.3 is 13.9 Å². The predicted molar refractivity (Wildman–Crippen MR) is 136 cm³/mol. The number of hydrogen-bond donors (Lipinski definition) is 0. The Hall–Kier alpha value is -4.16. The van der Waals surface area contributed by atoms with Crippen LogP contribution in [0.25, 0.3) is 11.0 Å². The number of esters is 1. The van der Waals surface area contributed by atoms with E-state index in [9.17, 15) is 31.2 Å². The second-order valence-electron chi connectivity index (χ2n) is 8.16. The standard InChI is InChI=1S/C27H22F3NO7S/c1-3-31(4-2)39(34,35)20-13-10-17(11-14-20)26(33)37-19-12-15-21-22(16-19)38-25(27(28,29)30)24(23(21)32)36-18-8-6-5-7-9-18/h5-16H,3-4H2,1-2H3. The quantitative estimate of drug-likeness (QED) is 0.196. The van der Waals surface area contributed by atoms with Crippen molar-refractivity contribution in [1.82, 2.24) is 4.31 Å². The van der Waals surface area contributed by atoms with Gasteiger partial charge in [-0.15, -0.1) is 0 Å². The van der Waals surface area contributed by atoms with Crippen molar-refractivity contribution in [2.24, 2.45) is 0 Å². The average Bonchev–Trinajstić information content (AvgIpc) is 2.90. The maximum absolute atomic E-state index is 13.8. The van der Waals surface area contributed by atoms with E-state index in [0.29, 0.717) is 0 Å². The van der Waals surface area contributed by atoms with Gasteiger partial charge in [0.25, 0.3) is 5.76 Å². The van der Waals surface area contributed by atoms with Crippen LogP contribution < -0.4 is 14.9 Å². The fourth-order valence-corrected chi connectivity index (χ4v) is 5.21. The summed E-state index contributed by atoms with van der Waals surface area (Å²) in [7, 11) is -3.73. The fraction of sp³-hybridized carbons (Fsp3) is 0.185. The van der Waals surface area contributed by atoms with Crippen LogP contribution in [0.4, 0.5) is 13.2 Å². The molecule has 0 aliphatic heterocycles. The van der Waals surface area contributed by atoms with Crippen LogP contribution in [0.1, 0.15) is 30.0 Å². The number of carbonyl (C=O) groups excluding carboxylic acids is 1. The van der Waals surface area contributed by atoms with Crippen molar-refractivity contribution in [3.05, 3.63) is 94.3 Å². The molecular formula is C27H22F3NO7S. The summed E-state index contributed by atoms with van der Waals surface area (Å²) in [6.45, 7) is 3.95. The highest BCUT2D eigenvalue weighted by molar-refractivity contribution is 7.89. The summed E-state index contributed by atoms with van der Waals surface area (Å²) in [4.78, 5) is 25.5. The average molecular weight is 562 g/mol. The highest BCUT2D eigenvalue weighted by Crippen LogP contribution is 2.38. The van der Waals surface area contributed by atoms with Crippen LogP contribution in [-0.2, 0) is 16.2 Å². The number of para-hydroxylation sites is 1. The molecule has 0 amide bonds. The number of ether oxygens (including phenoxy) is 2. The Bertz CT molecular complexity index is 1660. The van der Waals surface area contributed by atoms with Crippen molar-refractivity contribution < 1.29 is 40.3 Å². The van der Waals surface area contributed by atoms with Gasteiger partial charge in [0.05, 0.1) is 15.8 Å². The Balaban J connectivity index is 1.64. The van der Waals surface area contributed by atoms with Gasteiger partial charge in [-0.2, -0.15) is 17.5 Å². The van der Waals surface area contributed by atoms with Crippen molar-refractivity contribution in [2.45, 2.75) is 24.9 Å². The first kappa shape index (κ1) is 27.9. The zero-order chi connectivity index (χ0) is 28.4. The summed E-state index contributed by atoms with van der Waals surface area (Å²) in [5.41, 5.74) is -1.54.